The van der Waals surface area contributed by atoms with E-state index in [-0.39, 0.29) is 5.56 Å². The number of pyridine rings is 1. The SMILES string of the molecule is C[C@@H](NCCCC1CC[C@H](c2ccc(=O)[nH]c2)C1)c1ccc2c(c1)CCO2. The maximum atomic E-state index is 11.2. The van der Waals surface area contributed by atoms with E-state index < -0.39 is 0 Å². The second kappa shape index (κ2) is 8.30. The van der Waals surface area contributed by atoms with Crippen LogP contribution in [0.1, 0.15) is 67.7 Å². The molecule has 2 N–H and O–H groups in total. The van der Waals surface area contributed by atoms with E-state index >= 15 is 0 Å². The molecule has 1 fully saturated rings. The zero-order chi connectivity index (χ0) is 18.6. The average molecular weight is 367 g/mol. The van der Waals surface area contributed by atoms with E-state index in [1.54, 1.807) is 6.07 Å². The van der Waals surface area contributed by atoms with Crippen LogP contribution in [0, 0.1) is 5.92 Å². The van der Waals surface area contributed by atoms with Gasteiger partial charge in [0.05, 0.1) is 6.61 Å². The topological polar surface area (TPSA) is 54.1 Å². The molecular weight excluding hydrogens is 336 g/mol. The summed E-state index contributed by atoms with van der Waals surface area (Å²) >= 11 is 0. The van der Waals surface area contributed by atoms with E-state index in [0.717, 1.165) is 31.2 Å². The molecule has 4 rings (SSSR count). The van der Waals surface area contributed by atoms with Crippen LogP contribution in [0.3, 0.4) is 0 Å². The molecule has 4 nitrogen and oxygen atoms in total. The van der Waals surface area contributed by atoms with E-state index in [4.69, 9.17) is 4.74 Å². The largest absolute Gasteiger partial charge is 0.493 e. The third kappa shape index (κ3) is 4.44. The molecule has 144 valence electrons. The van der Waals surface area contributed by atoms with Crippen molar-refractivity contribution in [1.29, 1.82) is 0 Å². The quantitative estimate of drug-likeness (QED) is 0.718. The van der Waals surface area contributed by atoms with Crippen molar-refractivity contribution >= 4 is 0 Å². The van der Waals surface area contributed by atoms with Crippen LogP contribution in [-0.2, 0) is 6.42 Å². The third-order valence-electron chi connectivity index (χ3n) is 6.27. The maximum Gasteiger partial charge on any atom is 0.247 e. The number of aromatic amines is 1. The van der Waals surface area contributed by atoms with Gasteiger partial charge in [-0.05, 0) is 80.2 Å². The molecule has 0 saturated heterocycles. The van der Waals surface area contributed by atoms with Crippen LogP contribution in [0.15, 0.2) is 41.3 Å². The fourth-order valence-electron chi connectivity index (χ4n) is 4.62. The van der Waals surface area contributed by atoms with Gasteiger partial charge in [-0.1, -0.05) is 18.2 Å². The fourth-order valence-corrected chi connectivity index (χ4v) is 4.62. The molecule has 0 amide bonds. The molecular formula is C23H30N2O2. The van der Waals surface area contributed by atoms with Crippen molar-refractivity contribution in [3.05, 3.63) is 63.6 Å². The summed E-state index contributed by atoms with van der Waals surface area (Å²) in [4.78, 5) is 14.0. The summed E-state index contributed by atoms with van der Waals surface area (Å²) in [5.74, 6) is 2.49. The fraction of sp³-hybridized carbons (Fsp3) is 0.522. The van der Waals surface area contributed by atoms with Crippen LogP contribution >= 0.6 is 0 Å². The molecule has 1 aliphatic carbocycles. The molecule has 0 bridgehead atoms. The number of fused-ring (bicyclic) bond motifs is 1. The molecule has 2 heterocycles. The van der Waals surface area contributed by atoms with Crippen LogP contribution in [0.25, 0.3) is 0 Å². The Morgan fingerprint density at radius 1 is 1.26 bits per heavy atom. The lowest BCUT2D eigenvalue weighted by atomic mass is 9.96. The zero-order valence-electron chi connectivity index (χ0n) is 16.2. The molecule has 2 aliphatic rings. The predicted octanol–water partition coefficient (Wildman–Crippen LogP) is 4.32. The van der Waals surface area contributed by atoms with Gasteiger partial charge in [0, 0.05) is 24.7 Å². The molecule has 1 aliphatic heterocycles. The van der Waals surface area contributed by atoms with Crippen molar-refractivity contribution in [2.24, 2.45) is 5.92 Å². The number of nitrogens with one attached hydrogen (secondary N) is 2. The highest BCUT2D eigenvalue weighted by atomic mass is 16.5. The first-order valence-corrected chi connectivity index (χ1v) is 10.4. The molecule has 0 spiro atoms. The van der Waals surface area contributed by atoms with Gasteiger partial charge in [0.1, 0.15) is 5.75 Å². The minimum atomic E-state index is -0.00983. The number of hydrogen-bond acceptors (Lipinski definition) is 3. The van der Waals surface area contributed by atoms with Gasteiger partial charge in [0.15, 0.2) is 0 Å². The normalized spacial score (nSPS) is 22.4. The zero-order valence-corrected chi connectivity index (χ0v) is 16.2. The van der Waals surface area contributed by atoms with Gasteiger partial charge < -0.3 is 15.0 Å². The molecule has 27 heavy (non-hydrogen) atoms. The Balaban J connectivity index is 1.19. The number of aromatic nitrogens is 1. The Kier molecular flexibility index (Phi) is 5.63. The number of benzene rings is 1. The van der Waals surface area contributed by atoms with Crippen molar-refractivity contribution in [3.63, 3.8) is 0 Å². The van der Waals surface area contributed by atoms with Crippen molar-refractivity contribution < 1.29 is 4.74 Å². The number of H-pyrrole nitrogens is 1. The van der Waals surface area contributed by atoms with Crippen molar-refractivity contribution in [2.45, 2.75) is 57.4 Å². The lowest BCUT2D eigenvalue weighted by Gasteiger charge is -2.16. The summed E-state index contributed by atoms with van der Waals surface area (Å²) in [6.07, 6.45) is 9.27. The average Bonchev–Trinajstić information content (AvgIpc) is 3.34. The summed E-state index contributed by atoms with van der Waals surface area (Å²) in [6, 6.07) is 10.6. The summed E-state index contributed by atoms with van der Waals surface area (Å²) in [5.41, 5.74) is 3.99. The summed E-state index contributed by atoms with van der Waals surface area (Å²) in [5, 5.41) is 3.68. The van der Waals surface area contributed by atoms with Crippen molar-refractivity contribution in [2.75, 3.05) is 13.2 Å². The lowest BCUT2D eigenvalue weighted by molar-refractivity contribution is 0.356. The first-order valence-electron chi connectivity index (χ1n) is 10.4. The monoisotopic (exact) mass is 366 g/mol. The highest BCUT2D eigenvalue weighted by Crippen LogP contribution is 2.39. The van der Waals surface area contributed by atoms with Crippen LogP contribution in [0.2, 0.25) is 0 Å². The van der Waals surface area contributed by atoms with Crippen LogP contribution < -0.4 is 15.6 Å². The Hall–Kier alpha value is -2.07. The third-order valence-corrected chi connectivity index (χ3v) is 6.27. The minimum absolute atomic E-state index is 0.00983. The van der Waals surface area contributed by atoms with Gasteiger partial charge in [-0.2, -0.15) is 0 Å². The van der Waals surface area contributed by atoms with Gasteiger partial charge in [-0.15, -0.1) is 0 Å². The van der Waals surface area contributed by atoms with Gasteiger partial charge >= 0.3 is 0 Å². The van der Waals surface area contributed by atoms with Crippen LogP contribution in [0.4, 0.5) is 0 Å². The summed E-state index contributed by atoms with van der Waals surface area (Å²) in [7, 11) is 0. The van der Waals surface area contributed by atoms with Crippen molar-refractivity contribution in [1.82, 2.24) is 10.3 Å². The number of ether oxygens (including phenoxy) is 1. The minimum Gasteiger partial charge on any atom is -0.493 e. The van der Waals surface area contributed by atoms with Gasteiger partial charge in [-0.3, -0.25) is 4.79 Å². The Morgan fingerprint density at radius 2 is 2.19 bits per heavy atom. The van der Waals surface area contributed by atoms with Crippen molar-refractivity contribution in [3.8, 4) is 5.75 Å². The molecule has 1 unspecified atom stereocenters. The Morgan fingerprint density at radius 3 is 3.04 bits per heavy atom. The van der Waals surface area contributed by atoms with Crippen LogP contribution in [-0.4, -0.2) is 18.1 Å². The highest BCUT2D eigenvalue weighted by molar-refractivity contribution is 5.40. The molecule has 4 heteroatoms. The highest BCUT2D eigenvalue weighted by Gasteiger charge is 2.25. The van der Waals surface area contributed by atoms with Gasteiger partial charge in [-0.25, -0.2) is 0 Å². The predicted molar refractivity (Wildman–Crippen MR) is 108 cm³/mol. The Labute approximate surface area is 161 Å². The summed E-state index contributed by atoms with van der Waals surface area (Å²) in [6.45, 7) is 4.13. The molecule has 1 saturated carbocycles. The molecule has 1 aromatic carbocycles. The van der Waals surface area contributed by atoms with E-state index in [1.807, 2.05) is 12.3 Å². The smallest absolute Gasteiger partial charge is 0.247 e. The molecule has 1 aromatic heterocycles. The van der Waals surface area contributed by atoms with E-state index in [9.17, 15) is 4.79 Å². The van der Waals surface area contributed by atoms with E-state index in [1.165, 1.54) is 48.8 Å². The summed E-state index contributed by atoms with van der Waals surface area (Å²) < 4.78 is 5.60. The Bertz CT molecular complexity index is 809. The first kappa shape index (κ1) is 18.3. The van der Waals surface area contributed by atoms with Crippen LogP contribution in [0.5, 0.6) is 5.75 Å². The maximum absolute atomic E-state index is 11.2. The molecule has 2 aromatic rings. The van der Waals surface area contributed by atoms with E-state index in [2.05, 4.69) is 35.4 Å². The first-order chi connectivity index (χ1) is 13.2. The molecule has 0 radical (unpaired) electrons. The second-order valence-corrected chi connectivity index (χ2v) is 8.15. The second-order valence-electron chi connectivity index (χ2n) is 8.15. The van der Waals surface area contributed by atoms with Gasteiger partial charge in [0.2, 0.25) is 5.56 Å². The number of hydrogen-bond donors (Lipinski definition) is 2. The van der Waals surface area contributed by atoms with Gasteiger partial charge in [0.25, 0.3) is 0 Å². The lowest BCUT2D eigenvalue weighted by Crippen LogP contribution is -2.20. The number of rotatable bonds is 7. The molecule has 3 atom stereocenters. The van der Waals surface area contributed by atoms with E-state index in [0.29, 0.717) is 12.0 Å². The standard InChI is InChI=1S/C23H30N2O2/c1-16(18-6-8-22-20(14-18)10-12-27-22)24-11-2-3-17-4-5-19(13-17)21-7-9-23(26)25-15-21/h6-9,14-17,19,24H,2-5,10-13H2,1H3,(H,25,26)/t16-,17?,19+/m1/s1.